The average molecular weight is 263 g/mol. The highest BCUT2D eigenvalue weighted by atomic mass is 16.6. The first-order valence-corrected chi connectivity index (χ1v) is 6.27. The van der Waals surface area contributed by atoms with Crippen molar-refractivity contribution in [2.75, 3.05) is 53.3 Å². The van der Waals surface area contributed by atoms with E-state index in [4.69, 9.17) is 24.7 Å². The van der Waals surface area contributed by atoms with E-state index in [1.165, 1.54) is 0 Å². The summed E-state index contributed by atoms with van der Waals surface area (Å²) in [5.41, 5.74) is 5.44. The Morgan fingerprint density at radius 2 is 1.61 bits per heavy atom. The molecule has 0 saturated heterocycles. The summed E-state index contributed by atoms with van der Waals surface area (Å²) in [4.78, 5) is 11.4. The summed E-state index contributed by atoms with van der Waals surface area (Å²) in [7, 11) is 1.62. The Hall–Kier alpha value is -0.690. The third-order valence-corrected chi connectivity index (χ3v) is 2.39. The van der Waals surface area contributed by atoms with Crippen LogP contribution in [0.5, 0.6) is 0 Å². The van der Waals surface area contributed by atoms with Crippen molar-refractivity contribution in [1.82, 2.24) is 0 Å². The van der Waals surface area contributed by atoms with Gasteiger partial charge in [-0.25, -0.2) is 0 Å². The first-order chi connectivity index (χ1) is 8.76. The maximum absolute atomic E-state index is 11.4. The molecule has 6 nitrogen and oxygen atoms in total. The molecule has 0 aromatic carbocycles. The van der Waals surface area contributed by atoms with E-state index in [0.29, 0.717) is 46.0 Å². The Balaban J connectivity index is 3.27. The summed E-state index contributed by atoms with van der Waals surface area (Å²) >= 11 is 0. The molecule has 6 heteroatoms. The molecule has 18 heavy (non-hydrogen) atoms. The molecule has 0 aliphatic rings. The highest BCUT2D eigenvalue weighted by Crippen LogP contribution is 2.02. The third kappa shape index (κ3) is 9.35. The summed E-state index contributed by atoms with van der Waals surface area (Å²) in [5, 5.41) is 0. The number of nitrogens with two attached hydrogens (primary N) is 1. The predicted octanol–water partition coefficient (Wildman–Crippen LogP) is 0.194. The Labute approximate surface area is 109 Å². The lowest BCUT2D eigenvalue weighted by Gasteiger charge is -2.11. The predicted molar refractivity (Wildman–Crippen MR) is 67.3 cm³/mol. The summed E-state index contributed by atoms with van der Waals surface area (Å²) < 4.78 is 20.3. The van der Waals surface area contributed by atoms with Crippen LogP contribution in [-0.2, 0) is 23.7 Å². The van der Waals surface area contributed by atoms with Crippen LogP contribution >= 0.6 is 0 Å². The van der Waals surface area contributed by atoms with Crippen LogP contribution in [0.4, 0.5) is 0 Å². The lowest BCUT2D eigenvalue weighted by molar-refractivity contribution is -0.150. The normalized spacial score (nSPS) is 12.4. The van der Waals surface area contributed by atoms with Gasteiger partial charge in [-0.2, -0.15) is 0 Å². The fraction of sp³-hybridized carbons (Fsp3) is 0.917. The number of carbonyl (C=O) groups is 1. The van der Waals surface area contributed by atoms with E-state index in [1.807, 2.05) is 6.92 Å². The van der Waals surface area contributed by atoms with Gasteiger partial charge in [-0.15, -0.1) is 0 Å². The smallest absolute Gasteiger partial charge is 0.310 e. The number of methoxy groups -OCH3 is 1. The van der Waals surface area contributed by atoms with Crippen molar-refractivity contribution in [1.29, 1.82) is 0 Å². The lowest BCUT2D eigenvalue weighted by atomic mass is 10.1. The quantitative estimate of drug-likeness (QED) is 0.400. The molecule has 0 fully saturated rings. The van der Waals surface area contributed by atoms with E-state index in [0.717, 1.165) is 0 Å². The zero-order valence-electron chi connectivity index (χ0n) is 11.4. The van der Waals surface area contributed by atoms with Crippen molar-refractivity contribution in [3.63, 3.8) is 0 Å². The topological polar surface area (TPSA) is 80.0 Å². The van der Waals surface area contributed by atoms with Crippen molar-refractivity contribution in [2.24, 2.45) is 11.7 Å². The van der Waals surface area contributed by atoms with Crippen LogP contribution in [0.2, 0.25) is 0 Å². The fourth-order valence-corrected chi connectivity index (χ4v) is 1.21. The Kier molecular flexibility index (Phi) is 12.3. The molecule has 2 N–H and O–H groups in total. The Morgan fingerprint density at radius 3 is 2.11 bits per heavy atom. The Morgan fingerprint density at radius 1 is 1.06 bits per heavy atom. The van der Waals surface area contributed by atoms with Crippen LogP contribution in [-0.4, -0.2) is 59.3 Å². The van der Waals surface area contributed by atoms with E-state index < -0.39 is 0 Å². The molecule has 1 atom stereocenters. The first kappa shape index (κ1) is 17.3. The summed E-state index contributed by atoms with van der Waals surface area (Å²) in [6.07, 6.45) is 0.698. The summed E-state index contributed by atoms with van der Waals surface area (Å²) in [5.74, 6) is -0.456. The maximum atomic E-state index is 11.4. The SMILES string of the molecule is CCC(CN)C(=O)OCCOCCOCCOC. The van der Waals surface area contributed by atoms with Crippen LogP contribution in [0.25, 0.3) is 0 Å². The number of hydrogen-bond donors (Lipinski definition) is 1. The van der Waals surface area contributed by atoms with E-state index in [9.17, 15) is 4.79 Å². The molecule has 0 spiro atoms. The van der Waals surface area contributed by atoms with Gasteiger partial charge in [-0.1, -0.05) is 6.92 Å². The second-order valence-corrected chi connectivity index (χ2v) is 3.73. The molecule has 0 rings (SSSR count). The van der Waals surface area contributed by atoms with Crippen LogP contribution in [0, 0.1) is 5.92 Å². The van der Waals surface area contributed by atoms with Crippen molar-refractivity contribution in [3.8, 4) is 0 Å². The molecule has 0 aliphatic heterocycles. The number of carbonyl (C=O) groups excluding carboxylic acids is 1. The van der Waals surface area contributed by atoms with Crippen LogP contribution in [0.15, 0.2) is 0 Å². The maximum Gasteiger partial charge on any atom is 0.310 e. The molecule has 108 valence electrons. The van der Waals surface area contributed by atoms with Gasteiger partial charge in [0.2, 0.25) is 0 Å². The van der Waals surface area contributed by atoms with Gasteiger partial charge in [-0.3, -0.25) is 4.79 Å². The summed E-state index contributed by atoms with van der Waals surface area (Å²) in [6.45, 7) is 5.00. The molecule has 0 aliphatic carbocycles. The highest BCUT2D eigenvalue weighted by Gasteiger charge is 2.15. The average Bonchev–Trinajstić information content (AvgIpc) is 2.38. The lowest BCUT2D eigenvalue weighted by Crippen LogP contribution is -2.26. The second kappa shape index (κ2) is 12.8. The standard InChI is InChI=1S/C12H25NO5/c1-3-11(10-13)12(14)18-9-8-17-7-6-16-5-4-15-2/h11H,3-10,13H2,1-2H3. The van der Waals surface area contributed by atoms with Gasteiger partial charge in [0.15, 0.2) is 0 Å². The van der Waals surface area contributed by atoms with Crippen molar-refractivity contribution < 1.29 is 23.7 Å². The number of esters is 1. The number of rotatable bonds is 12. The van der Waals surface area contributed by atoms with Crippen LogP contribution in [0.1, 0.15) is 13.3 Å². The molecule has 0 bridgehead atoms. The molecular weight excluding hydrogens is 238 g/mol. The van der Waals surface area contributed by atoms with Gasteiger partial charge in [0.05, 0.1) is 39.0 Å². The third-order valence-electron chi connectivity index (χ3n) is 2.39. The van der Waals surface area contributed by atoms with E-state index >= 15 is 0 Å². The monoisotopic (exact) mass is 263 g/mol. The molecule has 0 radical (unpaired) electrons. The van der Waals surface area contributed by atoms with Crippen molar-refractivity contribution in [3.05, 3.63) is 0 Å². The molecule has 0 aromatic heterocycles. The largest absolute Gasteiger partial charge is 0.463 e. The zero-order chi connectivity index (χ0) is 13.6. The van der Waals surface area contributed by atoms with Gasteiger partial charge in [-0.05, 0) is 6.42 Å². The number of ether oxygens (including phenoxy) is 4. The second-order valence-electron chi connectivity index (χ2n) is 3.73. The van der Waals surface area contributed by atoms with Crippen LogP contribution < -0.4 is 5.73 Å². The first-order valence-electron chi connectivity index (χ1n) is 6.27. The Bertz CT molecular complexity index is 197. The highest BCUT2D eigenvalue weighted by molar-refractivity contribution is 5.72. The van der Waals surface area contributed by atoms with E-state index in [2.05, 4.69) is 0 Å². The molecule has 0 heterocycles. The van der Waals surface area contributed by atoms with Crippen LogP contribution in [0.3, 0.4) is 0 Å². The van der Waals surface area contributed by atoms with Crippen molar-refractivity contribution in [2.45, 2.75) is 13.3 Å². The van der Waals surface area contributed by atoms with Crippen molar-refractivity contribution >= 4 is 5.97 Å². The minimum atomic E-state index is -0.250. The molecule has 0 amide bonds. The molecule has 1 unspecified atom stereocenters. The van der Waals surface area contributed by atoms with E-state index in [1.54, 1.807) is 7.11 Å². The van der Waals surface area contributed by atoms with Gasteiger partial charge >= 0.3 is 5.97 Å². The molecule has 0 saturated carbocycles. The summed E-state index contributed by atoms with van der Waals surface area (Å²) in [6, 6.07) is 0. The van der Waals surface area contributed by atoms with Gasteiger partial charge in [0.25, 0.3) is 0 Å². The zero-order valence-corrected chi connectivity index (χ0v) is 11.4. The van der Waals surface area contributed by atoms with Gasteiger partial charge in [0.1, 0.15) is 6.61 Å². The minimum Gasteiger partial charge on any atom is -0.463 e. The molecule has 0 aromatic rings. The molecular formula is C12H25NO5. The van der Waals surface area contributed by atoms with E-state index in [-0.39, 0.29) is 18.5 Å². The number of hydrogen-bond acceptors (Lipinski definition) is 6. The van der Waals surface area contributed by atoms with Gasteiger partial charge in [0, 0.05) is 13.7 Å². The fourth-order valence-electron chi connectivity index (χ4n) is 1.21. The van der Waals surface area contributed by atoms with Gasteiger partial charge < -0.3 is 24.7 Å². The minimum absolute atomic E-state index is 0.206.